The van der Waals surface area contributed by atoms with Crippen LogP contribution in [0.5, 0.6) is 5.75 Å². The van der Waals surface area contributed by atoms with Crippen LogP contribution in [-0.2, 0) is 21.4 Å². The summed E-state index contributed by atoms with van der Waals surface area (Å²) in [6, 6.07) is 3.62. The van der Waals surface area contributed by atoms with Crippen LogP contribution in [0.2, 0.25) is 5.15 Å². The van der Waals surface area contributed by atoms with Crippen molar-refractivity contribution in [2.75, 3.05) is 9.62 Å². The Hall–Kier alpha value is -2.79. The quantitative estimate of drug-likeness (QED) is 0.574. The predicted octanol–water partition coefficient (Wildman–Crippen LogP) is 3.61. The zero-order chi connectivity index (χ0) is 23.8. The lowest BCUT2D eigenvalue weighted by molar-refractivity contribution is -0.116. The number of fused-ring (bicyclic) bond motifs is 1. The summed E-state index contributed by atoms with van der Waals surface area (Å²) in [5.74, 6) is 0.244. The second-order valence-corrected chi connectivity index (χ2v) is 10.4. The molecule has 1 aromatic heterocycles. The molecule has 0 aliphatic carbocycles. The van der Waals surface area contributed by atoms with Crippen LogP contribution in [0.1, 0.15) is 34.1 Å². The van der Waals surface area contributed by atoms with Crippen molar-refractivity contribution in [2.24, 2.45) is 5.41 Å². The number of sulfonamides is 1. The van der Waals surface area contributed by atoms with E-state index in [1.807, 2.05) is 0 Å². The standard InChI is InChI=1S/C20H25ClN4O6S/c1-5-24-10-17(18(21)23-24)32(29,30)25-12(2)16(9-20(3,4)11-26)31-15-7-6-13(8-14(15)25)22-19(27)28/h6-8,10-12,16,22H,5,9H2,1-4H3,(H,27,28)/t12-,16-/m1/s1. The van der Waals surface area contributed by atoms with Gasteiger partial charge in [-0.1, -0.05) is 25.4 Å². The van der Waals surface area contributed by atoms with Gasteiger partial charge in [0.05, 0.1) is 11.7 Å². The summed E-state index contributed by atoms with van der Waals surface area (Å²) >= 11 is 6.16. The van der Waals surface area contributed by atoms with E-state index in [9.17, 15) is 18.0 Å². The van der Waals surface area contributed by atoms with E-state index < -0.39 is 33.7 Å². The van der Waals surface area contributed by atoms with Gasteiger partial charge in [0.2, 0.25) is 0 Å². The maximum absolute atomic E-state index is 13.8. The summed E-state index contributed by atoms with van der Waals surface area (Å²) in [5, 5.41) is 15.1. The minimum atomic E-state index is -4.21. The second kappa shape index (κ2) is 8.62. The Labute approximate surface area is 191 Å². The Morgan fingerprint density at radius 1 is 1.41 bits per heavy atom. The van der Waals surface area contributed by atoms with Crippen molar-refractivity contribution in [2.45, 2.75) is 57.7 Å². The van der Waals surface area contributed by atoms with E-state index in [1.54, 1.807) is 27.7 Å². The number of carboxylic acid groups (broad SMARTS) is 1. The lowest BCUT2D eigenvalue weighted by atomic mass is 9.86. The maximum atomic E-state index is 13.8. The van der Waals surface area contributed by atoms with Crippen LogP contribution < -0.4 is 14.4 Å². The molecule has 3 rings (SSSR count). The van der Waals surface area contributed by atoms with Crippen molar-refractivity contribution in [1.29, 1.82) is 0 Å². The third-order valence-corrected chi connectivity index (χ3v) is 7.52. The number of aldehydes is 1. The molecule has 0 unspecified atom stereocenters. The molecule has 0 radical (unpaired) electrons. The number of nitrogens with zero attached hydrogens (tertiary/aromatic N) is 3. The topological polar surface area (TPSA) is 131 Å². The van der Waals surface area contributed by atoms with E-state index in [0.29, 0.717) is 6.54 Å². The fourth-order valence-electron chi connectivity index (χ4n) is 3.57. The van der Waals surface area contributed by atoms with Gasteiger partial charge in [0.1, 0.15) is 23.0 Å². The van der Waals surface area contributed by atoms with Crippen molar-refractivity contribution in [3.05, 3.63) is 29.5 Å². The van der Waals surface area contributed by atoms with E-state index in [4.69, 9.17) is 21.4 Å². The van der Waals surface area contributed by atoms with E-state index in [2.05, 4.69) is 10.4 Å². The molecule has 0 fully saturated rings. The summed E-state index contributed by atoms with van der Waals surface area (Å²) < 4.78 is 36.1. The number of anilines is 2. The SMILES string of the molecule is CCn1cc(S(=O)(=O)N2c3cc(NC(=O)O)ccc3O[C@H](CC(C)(C)C=O)[C@H]2C)c(Cl)n1. The number of aromatic nitrogens is 2. The smallest absolute Gasteiger partial charge is 0.409 e. The number of hydrogen-bond donors (Lipinski definition) is 2. The third kappa shape index (κ3) is 4.53. The largest absolute Gasteiger partial charge is 0.486 e. The molecule has 12 heteroatoms. The summed E-state index contributed by atoms with van der Waals surface area (Å²) in [6.45, 7) is 7.38. The van der Waals surface area contributed by atoms with Gasteiger partial charge in [-0.3, -0.25) is 14.3 Å². The molecular formula is C20H25ClN4O6S. The van der Waals surface area contributed by atoms with E-state index in [0.717, 1.165) is 10.6 Å². The number of carbonyl (C=O) groups excluding carboxylic acids is 1. The highest BCUT2D eigenvalue weighted by Crippen LogP contribution is 2.44. The van der Waals surface area contributed by atoms with E-state index in [1.165, 1.54) is 29.1 Å². The molecule has 2 aromatic rings. The highest BCUT2D eigenvalue weighted by atomic mass is 35.5. The summed E-state index contributed by atoms with van der Waals surface area (Å²) in [4.78, 5) is 22.4. The Bertz CT molecular complexity index is 1150. The van der Waals surface area contributed by atoms with Crippen molar-refractivity contribution in [3.63, 3.8) is 0 Å². The van der Waals surface area contributed by atoms with Gasteiger partial charge in [-0.2, -0.15) is 5.10 Å². The molecule has 1 aliphatic heterocycles. The van der Waals surface area contributed by atoms with Gasteiger partial charge in [0.25, 0.3) is 10.0 Å². The molecule has 2 atom stereocenters. The van der Waals surface area contributed by atoms with Gasteiger partial charge in [0, 0.05) is 23.8 Å². The minimum Gasteiger partial charge on any atom is -0.486 e. The molecule has 0 spiro atoms. The number of carbonyl (C=O) groups is 2. The highest BCUT2D eigenvalue weighted by Gasteiger charge is 2.43. The monoisotopic (exact) mass is 484 g/mol. The van der Waals surface area contributed by atoms with Gasteiger partial charge >= 0.3 is 6.09 Å². The first-order chi connectivity index (χ1) is 14.9. The Kier molecular flexibility index (Phi) is 6.43. The van der Waals surface area contributed by atoms with E-state index >= 15 is 0 Å². The fourth-order valence-corrected chi connectivity index (χ4v) is 5.70. The first-order valence-electron chi connectivity index (χ1n) is 9.94. The molecule has 0 bridgehead atoms. The van der Waals surface area contributed by atoms with Crippen molar-refractivity contribution in [1.82, 2.24) is 9.78 Å². The number of ether oxygens (including phenoxy) is 1. The molecule has 1 amide bonds. The van der Waals surface area contributed by atoms with Crippen LogP contribution in [0, 0.1) is 5.41 Å². The average molecular weight is 485 g/mol. The van der Waals surface area contributed by atoms with Crippen LogP contribution in [0.25, 0.3) is 0 Å². The summed E-state index contributed by atoms with van der Waals surface area (Å²) in [6.07, 6.45) is 0.487. The third-order valence-electron chi connectivity index (χ3n) is 5.23. The fraction of sp³-hybridized carbons (Fsp3) is 0.450. The van der Waals surface area contributed by atoms with Crippen LogP contribution >= 0.6 is 11.6 Å². The predicted molar refractivity (Wildman–Crippen MR) is 119 cm³/mol. The number of nitrogens with one attached hydrogen (secondary N) is 1. The molecule has 2 heterocycles. The lowest BCUT2D eigenvalue weighted by Gasteiger charge is -2.42. The lowest BCUT2D eigenvalue weighted by Crippen LogP contribution is -2.52. The van der Waals surface area contributed by atoms with Crippen molar-refractivity contribution in [3.8, 4) is 5.75 Å². The highest BCUT2D eigenvalue weighted by molar-refractivity contribution is 7.93. The first kappa shape index (κ1) is 23.9. The number of hydrogen-bond acceptors (Lipinski definition) is 6. The average Bonchev–Trinajstić information content (AvgIpc) is 3.10. The number of halogens is 1. The van der Waals surface area contributed by atoms with Crippen molar-refractivity contribution < 1.29 is 27.9 Å². The molecule has 2 N–H and O–H groups in total. The molecule has 32 heavy (non-hydrogen) atoms. The minimum absolute atomic E-state index is 0.157. The summed E-state index contributed by atoms with van der Waals surface area (Å²) in [5.41, 5.74) is -0.417. The molecule has 10 nitrogen and oxygen atoms in total. The first-order valence-corrected chi connectivity index (χ1v) is 11.8. The van der Waals surface area contributed by atoms with Crippen molar-refractivity contribution >= 4 is 45.4 Å². The van der Waals surface area contributed by atoms with Crippen LogP contribution in [0.15, 0.2) is 29.3 Å². The van der Waals surface area contributed by atoms with Gasteiger partial charge in [-0.05, 0) is 38.5 Å². The molecule has 0 saturated heterocycles. The number of aryl methyl sites for hydroxylation is 1. The van der Waals surface area contributed by atoms with Crippen LogP contribution in [-0.4, -0.2) is 47.8 Å². The molecule has 1 aliphatic rings. The van der Waals surface area contributed by atoms with Gasteiger partial charge in [0.15, 0.2) is 5.15 Å². The summed E-state index contributed by atoms with van der Waals surface area (Å²) in [7, 11) is -4.21. The van der Waals surface area contributed by atoms with Crippen LogP contribution in [0.4, 0.5) is 16.2 Å². The zero-order valence-electron chi connectivity index (χ0n) is 18.1. The zero-order valence-corrected chi connectivity index (χ0v) is 19.6. The molecular weight excluding hydrogens is 460 g/mol. The van der Waals surface area contributed by atoms with E-state index in [-0.39, 0.29) is 33.6 Å². The molecule has 0 saturated carbocycles. The Balaban J connectivity index is 2.17. The van der Waals surface area contributed by atoms with Gasteiger partial charge in [-0.25, -0.2) is 13.2 Å². The number of amides is 1. The van der Waals surface area contributed by atoms with Gasteiger partial charge < -0.3 is 14.6 Å². The molecule has 1 aromatic carbocycles. The molecule has 174 valence electrons. The normalized spacial score (nSPS) is 18.6. The Morgan fingerprint density at radius 3 is 2.66 bits per heavy atom. The number of benzene rings is 1. The number of rotatable bonds is 7. The van der Waals surface area contributed by atoms with Gasteiger partial charge in [-0.15, -0.1) is 0 Å². The Morgan fingerprint density at radius 2 is 2.09 bits per heavy atom. The van der Waals surface area contributed by atoms with Crippen LogP contribution in [0.3, 0.4) is 0 Å². The maximum Gasteiger partial charge on any atom is 0.409 e. The second-order valence-electron chi connectivity index (χ2n) is 8.26.